The molecular weight excluding hydrogens is 482 g/mol. The van der Waals surface area contributed by atoms with Gasteiger partial charge >= 0.3 is 0 Å². The molecule has 0 spiro atoms. The van der Waals surface area contributed by atoms with E-state index in [9.17, 15) is 39.3 Å². The summed E-state index contributed by atoms with van der Waals surface area (Å²) in [6.45, 7) is 4.47. The number of phenolic OH excluding ortho intramolecular Hbond substituents is 1. The number of phenols is 1. The molecule has 1 aromatic carbocycles. The highest BCUT2D eigenvalue weighted by Crippen LogP contribution is 2.65. The Balaban J connectivity index is 2.10. The molecule has 1 aromatic rings. The van der Waals surface area contributed by atoms with Crippen molar-refractivity contribution in [2.24, 2.45) is 28.4 Å². The number of benzene rings is 1. The minimum absolute atomic E-state index is 0.135. The van der Waals surface area contributed by atoms with Gasteiger partial charge in [0.2, 0.25) is 5.91 Å². The number of carbonyl (C=O) groups excluding carboxylic acids is 5. The highest BCUT2D eigenvalue weighted by atomic mass is 16.3. The average molecular weight is 516 g/mol. The molecule has 0 aliphatic heterocycles. The minimum atomic E-state index is -3.08. The first-order chi connectivity index (χ1) is 16.9. The number of hydrogen-bond acceptors (Lipinski definition) is 10. The van der Waals surface area contributed by atoms with E-state index in [0.29, 0.717) is 11.3 Å². The van der Waals surface area contributed by atoms with Crippen LogP contribution >= 0.6 is 0 Å². The van der Waals surface area contributed by atoms with Gasteiger partial charge in [-0.15, -0.1) is 0 Å². The lowest BCUT2D eigenvalue weighted by Gasteiger charge is -2.65. The molecule has 0 heterocycles. The van der Waals surface area contributed by atoms with E-state index in [0.717, 1.165) is 0 Å². The van der Waals surface area contributed by atoms with Gasteiger partial charge in [0.1, 0.15) is 5.75 Å². The molecule has 3 aliphatic rings. The lowest BCUT2D eigenvalue weighted by atomic mass is 9.39. The fourth-order valence-corrected chi connectivity index (χ4v) is 7.37. The number of carbonyl (C=O) groups is 5. The molecule has 200 valence electrons. The summed E-state index contributed by atoms with van der Waals surface area (Å²) in [5.74, 6) is -10.8. The number of aliphatic hydroxyl groups excluding tert-OH is 1. The number of anilines is 1. The Morgan fingerprint density at radius 3 is 2.08 bits per heavy atom. The molecule has 0 aromatic heterocycles. The average Bonchev–Trinajstić information content (AvgIpc) is 2.78. The summed E-state index contributed by atoms with van der Waals surface area (Å²) in [6, 6.07) is 1.47. The molecular formula is C26H33N3O8. The van der Waals surface area contributed by atoms with Crippen LogP contribution in [-0.2, 0) is 19.2 Å². The van der Waals surface area contributed by atoms with Gasteiger partial charge in [0.25, 0.3) is 0 Å². The van der Waals surface area contributed by atoms with E-state index in [2.05, 4.69) is 0 Å². The minimum Gasteiger partial charge on any atom is -0.507 e. The standard InChI is InChI=1S/C26H33N3O8/c1-10-13-11(28(4)5)8-9-12(30)14(13)17(31)16-21(34)26(37)20(33)15(22(27)35)18(32)19(29(6)7)25(26,3)23(36)24(10,16)2/h8-10,15-16,19,23,30,36-37H,1-7H3,(H2,27,35)/t10-,15?,16?,19+,23-,24+,25+,26+/m0/s1. The summed E-state index contributed by atoms with van der Waals surface area (Å²) >= 11 is 0. The summed E-state index contributed by atoms with van der Waals surface area (Å²) in [4.78, 5) is 70.5. The number of amides is 1. The van der Waals surface area contributed by atoms with Crippen LogP contribution in [0.1, 0.15) is 42.6 Å². The van der Waals surface area contributed by atoms with E-state index >= 15 is 0 Å². The van der Waals surface area contributed by atoms with Crippen LogP contribution in [0.3, 0.4) is 0 Å². The Morgan fingerprint density at radius 2 is 1.59 bits per heavy atom. The maximum absolute atomic E-state index is 14.2. The summed E-state index contributed by atoms with van der Waals surface area (Å²) in [5.41, 5.74) is -0.619. The Kier molecular flexibility index (Phi) is 5.76. The van der Waals surface area contributed by atoms with Crippen molar-refractivity contribution in [2.45, 2.75) is 44.4 Å². The Labute approximate surface area is 214 Å². The second-order valence-electron chi connectivity index (χ2n) is 11.4. The van der Waals surface area contributed by atoms with Crippen molar-refractivity contribution in [1.82, 2.24) is 4.90 Å². The first-order valence-electron chi connectivity index (χ1n) is 12.0. The lowest BCUT2D eigenvalue weighted by Crippen LogP contribution is -2.84. The van der Waals surface area contributed by atoms with Gasteiger partial charge in [0.15, 0.2) is 34.7 Å². The molecule has 37 heavy (non-hydrogen) atoms. The van der Waals surface area contributed by atoms with Crippen molar-refractivity contribution >= 4 is 34.7 Å². The predicted octanol–water partition coefficient (Wildman–Crippen LogP) is -0.755. The molecule has 5 N–H and O–H groups in total. The number of aliphatic hydroxyl groups is 2. The van der Waals surface area contributed by atoms with Gasteiger partial charge in [-0.3, -0.25) is 28.9 Å². The smallest absolute Gasteiger partial charge is 0.235 e. The fourth-order valence-electron chi connectivity index (χ4n) is 7.37. The zero-order chi connectivity index (χ0) is 28.2. The Bertz CT molecular complexity index is 1270. The lowest BCUT2D eigenvalue weighted by molar-refractivity contribution is -0.237. The molecule has 3 aliphatic carbocycles. The quantitative estimate of drug-likeness (QED) is 0.374. The molecule has 11 heteroatoms. The highest BCUT2D eigenvalue weighted by Gasteiger charge is 2.81. The number of ketones is 4. The topological polar surface area (TPSA) is 179 Å². The number of likely N-dealkylation sites (N-methyl/N-ethyl adjacent to an activating group) is 1. The van der Waals surface area contributed by atoms with Crippen molar-refractivity contribution in [3.63, 3.8) is 0 Å². The molecule has 0 bridgehead atoms. The van der Waals surface area contributed by atoms with E-state index in [1.165, 1.54) is 38.9 Å². The number of primary amides is 1. The maximum atomic E-state index is 14.2. The number of fused-ring (bicyclic) bond motifs is 3. The zero-order valence-electron chi connectivity index (χ0n) is 21.9. The van der Waals surface area contributed by atoms with E-state index in [1.807, 2.05) is 0 Å². The number of nitrogens with zero attached hydrogens (tertiary/aromatic N) is 2. The van der Waals surface area contributed by atoms with Gasteiger partial charge in [0.05, 0.1) is 29.0 Å². The van der Waals surface area contributed by atoms with Crippen molar-refractivity contribution in [3.05, 3.63) is 23.3 Å². The van der Waals surface area contributed by atoms with E-state index in [-0.39, 0.29) is 11.3 Å². The molecule has 8 atom stereocenters. The first-order valence-corrected chi connectivity index (χ1v) is 12.0. The van der Waals surface area contributed by atoms with Crippen molar-refractivity contribution < 1.29 is 39.3 Å². The number of hydrogen-bond donors (Lipinski definition) is 4. The number of Topliss-reactive ketones (excluding diaryl/α,β-unsaturated/α-hetero) is 4. The van der Waals surface area contributed by atoms with Gasteiger partial charge in [-0.2, -0.15) is 0 Å². The zero-order valence-corrected chi connectivity index (χ0v) is 21.9. The van der Waals surface area contributed by atoms with Gasteiger partial charge in [-0.05, 0) is 37.7 Å². The van der Waals surface area contributed by atoms with Crippen LogP contribution in [-0.4, -0.2) is 95.2 Å². The highest BCUT2D eigenvalue weighted by molar-refractivity contribution is 6.33. The third kappa shape index (κ3) is 2.84. The third-order valence-corrected chi connectivity index (χ3v) is 9.28. The molecule has 0 radical (unpaired) electrons. The molecule has 4 rings (SSSR count). The summed E-state index contributed by atoms with van der Waals surface area (Å²) in [7, 11) is 6.40. The Morgan fingerprint density at radius 1 is 1.03 bits per heavy atom. The molecule has 11 nitrogen and oxygen atoms in total. The fraction of sp³-hybridized carbons (Fsp3) is 0.577. The van der Waals surface area contributed by atoms with Crippen molar-refractivity contribution in [2.75, 3.05) is 33.1 Å². The second kappa shape index (κ2) is 7.92. The molecule has 0 saturated heterocycles. The number of nitrogens with two attached hydrogens (primary N) is 1. The normalized spacial score (nSPS) is 39.2. The number of aromatic hydroxyl groups is 1. The largest absolute Gasteiger partial charge is 0.507 e. The van der Waals surface area contributed by atoms with Gasteiger partial charge in [-0.25, -0.2) is 0 Å². The van der Waals surface area contributed by atoms with Crippen LogP contribution in [0.4, 0.5) is 5.69 Å². The number of rotatable bonds is 3. The van der Waals surface area contributed by atoms with E-state index < -0.39 is 75.4 Å². The van der Waals surface area contributed by atoms with Crippen LogP contribution < -0.4 is 10.6 Å². The molecule has 2 saturated carbocycles. The van der Waals surface area contributed by atoms with Crippen LogP contribution in [0.5, 0.6) is 5.75 Å². The van der Waals surface area contributed by atoms with Crippen molar-refractivity contribution in [3.8, 4) is 5.75 Å². The molecule has 2 fully saturated rings. The first kappa shape index (κ1) is 26.9. The van der Waals surface area contributed by atoms with Crippen LogP contribution in [0.15, 0.2) is 12.1 Å². The molecule has 2 unspecified atom stereocenters. The maximum Gasteiger partial charge on any atom is 0.235 e. The summed E-state index contributed by atoms with van der Waals surface area (Å²) in [5, 5.41) is 34.8. The summed E-state index contributed by atoms with van der Waals surface area (Å²) in [6.07, 6.45) is -1.76. The van der Waals surface area contributed by atoms with Crippen LogP contribution in [0, 0.1) is 22.7 Å². The van der Waals surface area contributed by atoms with Gasteiger partial charge < -0.3 is 26.0 Å². The SMILES string of the molecule is C[C@H]1c2c(N(C)C)ccc(O)c2C(=O)C2C(=O)[C@]3(O)C(=O)C(C(N)=O)C(=O)[C@@H](N(C)C)[C@]3(C)[C@@H](O)[C@@]21C. The summed E-state index contributed by atoms with van der Waals surface area (Å²) < 4.78 is 0. The van der Waals surface area contributed by atoms with Crippen LogP contribution in [0.2, 0.25) is 0 Å². The van der Waals surface area contributed by atoms with Gasteiger partial charge in [-0.1, -0.05) is 20.8 Å². The van der Waals surface area contributed by atoms with Crippen LogP contribution in [0.25, 0.3) is 0 Å². The predicted molar refractivity (Wildman–Crippen MR) is 131 cm³/mol. The van der Waals surface area contributed by atoms with E-state index in [4.69, 9.17) is 5.73 Å². The second-order valence-corrected chi connectivity index (χ2v) is 11.4. The Hall–Kier alpha value is -3.15. The molecule has 1 amide bonds. The monoisotopic (exact) mass is 515 g/mol. The third-order valence-electron chi connectivity index (χ3n) is 9.28. The van der Waals surface area contributed by atoms with Gasteiger partial charge in [0, 0.05) is 25.2 Å². The van der Waals surface area contributed by atoms with E-state index in [1.54, 1.807) is 32.0 Å². The van der Waals surface area contributed by atoms with Crippen molar-refractivity contribution in [1.29, 1.82) is 0 Å².